The van der Waals surface area contributed by atoms with Crippen LogP contribution in [0.1, 0.15) is 118 Å². The number of ether oxygens (including phenoxy) is 3. The van der Waals surface area contributed by atoms with Crippen LogP contribution in [0.3, 0.4) is 0 Å². The number of nitrogens with zero attached hydrogens (tertiary/aromatic N) is 3. The van der Waals surface area contributed by atoms with E-state index in [1.165, 1.54) is 16.5 Å². The van der Waals surface area contributed by atoms with Gasteiger partial charge in [0.1, 0.15) is 18.8 Å². The van der Waals surface area contributed by atoms with E-state index in [2.05, 4.69) is 51.0 Å². The molecule has 12 heteroatoms. The molecule has 2 N–H and O–H groups in total. The lowest BCUT2D eigenvalue weighted by atomic mass is 9.33. The zero-order valence-corrected chi connectivity index (χ0v) is 34.0. The number of hydrogen-bond acceptors (Lipinski definition) is 10. The predicted molar refractivity (Wildman–Crippen MR) is 204 cm³/mol. The summed E-state index contributed by atoms with van der Waals surface area (Å²) in [4.78, 5) is 51.1. The molecule has 5 aliphatic carbocycles. The highest BCUT2D eigenvalue weighted by molar-refractivity contribution is 5.86. The lowest BCUT2D eigenvalue weighted by molar-refractivity contribution is -0.318. The van der Waals surface area contributed by atoms with Crippen molar-refractivity contribution in [2.45, 2.75) is 132 Å². The fraction of sp³-hybridized carbons (Fsp3) is 0.682. The summed E-state index contributed by atoms with van der Waals surface area (Å²) >= 11 is 0. The lowest BCUT2D eigenvalue weighted by Crippen LogP contribution is -2.68. The van der Waals surface area contributed by atoms with Crippen molar-refractivity contribution in [3.05, 3.63) is 59.4 Å². The van der Waals surface area contributed by atoms with Gasteiger partial charge in [-0.1, -0.05) is 95.7 Å². The molecule has 0 spiro atoms. The van der Waals surface area contributed by atoms with Gasteiger partial charge >= 0.3 is 24.1 Å². The van der Waals surface area contributed by atoms with Crippen molar-refractivity contribution in [1.82, 2.24) is 15.0 Å². The van der Waals surface area contributed by atoms with Gasteiger partial charge in [0.25, 0.3) is 0 Å². The summed E-state index contributed by atoms with van der Waals surface area (Å²) in [5.74, 6) is -2.44. The molecule has 1 heterocycles. The number of aromatic nitrogens is 3. The third kappa shape index (κ3) is 6.29. The van der Waals surface area contributed by atoms with Crippen LogP contribution in [-0.4, -0.2) is 55.1 Å². The second kappa shape index (κ2) is 14.1. The van der Waals surface area contributed by atoms with Crippen molar-refractivity contribution in [1.29, 1.82) is 0 Å². The van der Waals surface area contributed by atoms with E-state index in [9.17, 15) is 29.4 Å². The van der Waals surface area contributed by atoms with E-state index in [0.29, 0.717) is 37.3 Å². The van der Waals surface area contributed by atoms with Crippen molar-refractivity contribution in [3.8, 4) is 0 Å². The topological polar surface area (TPSA) is 167 Å². The van der Waals surface area contributed by atoms with E-state index < -0.39 is 40.7 Å². The van der Waals surface area contributed by atoms with Crippen LogP contribution < -0.4 is 0 Å². The Kier molecular flexibility index (Phi) is 10.1. The van der Waals surface area contributed by atoms with Gasteiger partial charge in [0.05, 0.1) is 18.0 Å². The largest absolute Gasteiger partial charge is 0.513 e. The van der Waals surface area contributed by atoms with E-state index in [-0.39, 0.29) is 59.5 Å². The fourth-order valence-corrected chi connectivity index (χ4v) is 12.9. The van der Waals surface area contributed by atoms with E-state index in [0.717, 1.165) is 37.7 Å². The van der Waals surface area contributed by atoms with Crippen LogP contribution in [-0.2, 0) is 48.2 Å². The molecule has 12 nitrogen and oxygen atoms in total. The maximum absolute atomic E-state index is 13.7. The number of aliphatic hydroxyl groups is 1. The third-order valence-corrected chi connectivity index (χ3v) is 16.5. The molecule has 2 unspecified atom stereocenters. The molecule has 304 valence electrons. The van der Waals surface area contributed by atoms with Crippen LogP contribution in [0.4, 0.5) is 4.79 Å². The highest BCUT2D eigenvalue weighted by Gasteiger charge is 2.71. The van der Waals surface area contributed by atoms with Gasteiger partial charge in [0, 0.05) is 11.8 Å². The minimum Gasteiger partial charge on any atom is -0.459 e. The maximum atomic E-state index is 13.7. The number of allylic oxidation sites excluding steroid dienone is 2. The Hall–Kier alpha value is -4.06. The highest BCUT2D eigenvalue weighted by atomic mass is 16.7. The van der Waals surface area contributed by atoms with Gasteiger partial charge in [-0.05, 0) is 103 Å². The Morgan fingerprint density at radius 2 is 1.62 bits per heavy atom. The quantitative estimate of drug-likeness (QED) is 0.0888. The monoisotopic (exact) mass is 773 g/mol. The van der Waals surface area contributed by atoms with Gasteiger partial charge < -0.3 is 24.4 Å². The van der Waals surface area contributed by atoms with Crippen LogP contribution in [0.2, 0.25) is 0 Å². The molecule has 10 atom stereocenters. The second-order valence-corrected chi connectivity index (χ2v) is 19.2. The van der Waals surface area contributed by atoms with Crippen molar-refractivity contribution < 1.29 is 43.6 Å². The zero-order valence-electron chi connectivity index (χ0n) is 34.0. The van der Waals surface area contributed by atoms with Gasteiger partial charge in [0.15, 0.2) is 0 Å². The molecule has 1 aromatic heterocycles. The number of carbonyl (C=O) groups is 4. The first-order chi connectivity index (χ1) is 26.3. The molecule has 0 aliphatic heterocycles. The van der Waals surface area contributed by atoms with Gasteiger partial charge in [-0.25, -0.2) is 14.3 Å². The van der Waals surface area contributed by atoms with Crippen molar-refractivity contribution in [2.24, 2.45) is 56.7 Å². The number of benzene rings is 1. The molecule has 0 radical (unpaired) electrons. The molecule has 4 fully saturated rings. The SMILES string of the molecule is C[C@H]1[C@H](C)CC[C@]2(C(=O)OC(=O)O)CC[C@]3(C)C(=CC[C@@H]4[C@@]5(C)CCC(O)(OC(=O)Cn6cc(COC(=O)Cc7ccccc7)nn6)C(C)(C)C5CC[C@]43C)[C@H]12. The van der Waals surface area contributed by atoms with Crippen LogP contribution in [0.25, 0.3) is 0 Å². The standard InChI is InChI=1S/C44H59N3O9/c1-27-15-18-43(37(50)55-38(51)52)21-20-41(6)31(36(43)28(27)2)13-14-33-40(5)19-22-44(53,39(3,4)32(40)16-17-42(33,41)7)56-35(49)25-47-24-30(45-46-47)26-54-34(48)23-29-11-9-8-10-12-29/h8-13,24,27-28,32-33,36,53H,14-23,25-26H2,1-7H3,(H,51,52)/t27-,28+,32?,33-,36+,40+,41-,42-,43+,44?/m1/s1. The first kappa shape index (κ1) is 40.1. The fourth-order valence-electron chi connectivity index (χ4n) is 12.9. The number of carbonyl (C=O) groups excluding carboxylic acids is 3. The summed E-state index contributed by atoms with van der Waals surface area (Å²) in [7, 11) is 0. The van der Waals surface area contributed by atoms with Crippen molar-refractivity contribution >= 4 is 24.1 Å². The minimum absolute atomic E-state index is 0.0589. The van der Waals surface area contributed by atoms with Crippen LogP contribution in [0.5, 0.6) is 0 Å². The summed E-state index contributed by atoms with van der Waals surface area (Å²) in [6.07, 6.45) is 9.00. The van der Waals surface area contributed by atoms with E-state index in [4.69, 9.17) is 14.2 Å². The molecule has 1 aromatic carbocycles. The molecular weight excluding hydrogens is 714 g/mol. The number of esters is 3. The molecule has 4 saturated carbocycles. The lowest BCUT2D eigenvalue weighted by Gasteiger charge is -2.72. The average molecular weight is 774 g/mol. The summed E-state index contributed by atoms with van der Waals surface area (Å²) in [6, 6.07) is 9.31. The van der Waals surface area contributed by atoms with Gasteiger partial charge in [0.2, 0.25) is 5.79 Å². The van der Waals surface area contributed by atoms with E-state index >= 15 is 0 Å². The normalized spacial score (nSPS) is 38.4. The van der Waals surface area contributed by atoms with Crippen molar-refractivity contribution in [3.63, 3.8) is 0 Å². The average Bonchev–Trinajstić information content (AvgIpc) is 3.58. The Bertz CT molecular complexity index is 1910. The summed E-state index contributed by atoms with van der Waals surface area (Å²) in [5, 5.41) is 29.8. The Labute approximate surface area is 329 Å². The Morgan fingerprint density at radius 3 is 2.34 bits per heavy atom. The number of carboxylic acid groups (broad SMARTS) is 1. The molecule has 56 heavy (non-hydrogen) atoms. The third-order valence-electron chi connectivity index (χ3n) is 16.5. The second-order valence-electron chi connectivity index (χ2n) is 19.2. The smallest absolute Gasteiger partial charge is 0.459 e. The Morgan fingerprint density at radius 1 is 0.893 bits per heavy atom. The number of hydrogen-bond donors (Lipinski definition) is 2. The maximum Gasteiger partial charge on any atom is 0.513 e. The highest BCUT2D eigenvalue weighted by Crippen LogP contribution is 2.76. The van der Waals surface area contributed by atoms with E-state index in [1.54, 1.807) is 0 Å². The van der Waals surface area contributed by atoms with Gasteiger partial charge in [-0.15, -0.1) is 5.10 Å². The molecule has 0 amide bonds. The minimum atomic E-state index is -1.69. The molecule has 5 aliphatic rings. The molecular formula is C44H59N3O9. The van der Waals surface area contributed by atoms with Crippen LogP contribution in [0, 0.1) is 56.7 Å². The van der Waals surface area contributed by atoms with Crippen LogP contribution >= 0.6 is 0 Å². The number of rotatable bonds is 8. The van der Waals surface area contributed by atoms with Gasteiger partial charge in [-0.3, -0.25) is 9.59 Å². The summed E-state index contributed by atoms with van der Waals surface area (Å²) in [5.41, 5.74) is 0.483. The van der Waals surface area contributed by atoms with E-state index in [1.807, 2.05) is 44.2 Å². The molecule has 0 saturated heterocycles. The molecule has 0 bridgehead atoms. The first-order valence-electron chi connectivity index (χ1n) is 20.5. The predicted octanol–water partition coefficient (Wildman–Crippen LogP) is 7.67. The molecule has 7 rings (SSSR count). The van der Waals surface area contributed by atoms with Crippen LogP contribution in [0.15, 0.2) is 48.2 Å². The summed E-state index contributed by atoms with van der Waals surface area (Å²) < 4.78 is 17.7. The first-order valence-corrected chi connectivity index (χ1v) is 20.5. The number of fused-ring (bicyclic) bond motifs is 7. The van der Waals surface area contributed by atoms with Crippen molar-refractivity contribution in [2.75, 3.05) is 0 Å². The zero-order chi connectivity index (χ0) is 40.5. The summed E-state index contributed by atoms with van der Waals surface area (Å²) in [6.45, 7) is 15.4. The Balaban J connectivity index is 1.06. The van der Waals surface area contributed by atoms with Gasteiger partial charge in [-0.2, -0.15) is 0 Å². The molecule has 2 aromatic rings.